The average molecular weight is 379 g/mol. The average Bonchev–Trinajstić information content (AvgIpc) is 3.06. The normalized spacial score (nSPS) is 12.4. The van der Waals surface area contributed by atoms with Crippen LogP contribution in [0.1, 0.15) is 11.7 Å². The highest BCUT2D eigenvalue weighted by Crippen LogP contribution is 2.28. The molecule has 0 spiro atoms. The molecule has 0 radical (unpaired) electrons. The number of benzene rings is 3. The van der Waals surface area contributed by atoms with Gasteiger partial charge in [0, 0.05) is 18.4 Å². The summed E-state index contributed by atoms with van der Waals surface area (Å²) in [5, 5.41) is 21.9. The van der Waals surface area contributed by atoms with Crippen molar-refractivity contribution in [2.45, 2.75) is 11.3 Å². The third kappa shape index (κ3) is 3.72. The molecule has 27 heavy (non-hydrogen) atoms. The Bertz CT molecular complexity index is 1080. The molecule has 0 aliphatic rings. The van der Waals surface area contributed by atoms with E-state index in [1.54, 1.807) is 12.1 Å². The number of aliphatic hydroxyl groups is 1. The SMILES string of the molecule is Cn1c(SC[C@@H](O)c2ccc(F)cc2)nnc1-c1ccc2ccccc2c1. The quantitative estimate of drug-likeness (QED) is 0.515. The van der Waals surface area contributed by atoms with Crippen LogP contribution in [0, 0.1) is 5.82 Å². The first kappa shape index (κ1) is 17.7. The number of aliphatic hydroxyl groups excluding tert-OH is 1. The van der Waals surface area contributed by atoms with Gasteiger partial charge in [0.05, 0.1) is 6.10 Å². The van der Waals surface area contributed by atoms with Gasteiger partial charge in [-0.2, -0.15) is 0 Å². The van der Waals surface area contributed by atoms with Crippen LogP contribution in [0.4, 0.5) is 4.39 Å². The number of rotatable bonds is 5. The fourth-order valence-corrected chi connectivity index (χ4v) is 3.83. The summed E-state index contributed by atoms with van der Waals surface area (Å²) in [7, 11) is 1.91. The third-order valence-corrected chi connectivity index (χ3v) is 5.56. The van der Waals surface area contributed by atoms with Crippen molar-refractivity contribution in [3.8, 4) is 11.4 Å². The van der Waals surface area contributed by atoms with E-state index in [0.29, 0.717) is 11.3 Å². The van der Waals surface area contributed by atoms with Gasteiger partial charge in [0.1, 0.15) is 5.82 Å². The number of hydrogen-bond donors (Lipinski definition) is 1. The molecule has 0 amide bonds. The van der Waals surface area contributed by atoms with Gasteiger partial charge in [-0.3, -0.25) is 0 Å². The second-order valence-corrected chi connectivity index (χ2v) is 7.29. The Morgan fingerprint density at radius 1 is 1.00 bits per heavy atom. The lowest BCUT2D eigenvalue weighted by atomic mass is 10.1. The molecule has 6 heteroatoms. The molecule has 1 aromatic heterocycles. The molecule has 1 N–H and O–H groups in total. The fourth-order valence-electron chi connectivity index (χ4n) is 2.96. The Morgan fingerprint density at radius 3 is 2.52 bits per heavy atom. The number of halogens is 1. The van der Waals surface area contributed by atoms with E-state index < -0.39 is 6.10 Å². The van der Waals surface area contributed by atoms with Crippen LogP contribution in [0.3, 0.4) is 0 Å². The summed E-state index contributed by atoms with van der Waals surface area (Å²) in [6, 6.07) is 20.3. The Hall–Kier alpha value is -2.70. The minimum Gasteiger partial charge on any atom is -0.388 e. The Labute approximate surface area is 160 Å². The lowest BCUT2D eigenvalue weighted by molar-refractivity contribution is 0.204. The lowest BCUT2D eigenvalue weighted by Crippen LogP contribution is -2.02. The van der Waals surface area contributed by atoms with E-state index in [9.17, 15) is 9.50 Å². The van der Waals surface area contributed by atoms with E-state index in [4.69, 9.17) is 0 Å². The van der Waals surface area contributed by atoms with E-state index in [1.807, 2.05) is 29.8 Å². The zero-order chi connectivity index (χ0) is 18.8. The molecule has 4 nitrogen and oxygen atoms in total. The number of thioether (sulfide) groups is 1. The molecule has 0 unspecified atom stereocenters. The molecule has 1 heterocycles. The third-order valence-electron chi connectivity index (χ3n) is 4.47. The summed E-state index contributed by atoms with van der Waals surface area (Å²) in [5.41, 5.74) is 1.68. The molecule has 0 fully saturated rings. The van der Waals surface area contributed by atoms with Gasteiger partial charge in [-0.1, -0.05) is 60.3 Å². The van der Waals surface area contributed by atoms with Crippen LogP contribution in [0.5, 0.6) is 0 Å². The van der Waals surface area contributed by atoms with Gasteiger partial charge in [-0.25, -0.2) is 4.39 Å². The number of hydrogen-bond acceptors (Lipinski definition) is 4. The molecular formula is C21H18FN3OS. The highest BCUT2D eigenvalue weighted by Gasteiger charge is 2.14. The van der Waals surface area contributed by atoms with E-state index in [0.717, 1.165) is 21.9 Å². The summed E-state index contributed by atoms with van der Waals surface area (Å²) >= 11 is 1.42. The monoisotopic (exact) mass is 379 g/mol. The summed E-state index contributed by atoms with van der Waals surface area (Å²) in [4.78, 5) is 0. The first-order valence-electron chi connectivity index (χ1n) is 8.57. The minimum atomic E-state index is -0.698. The molecule has 0 aliphatic heterocycles. The molecule has 136 valence electrons. The zero-order valence-corrected chi connectivity index (χ0v) is 15.5. The predicted molar refractivity (Wildman–Crippen MR) is 106 cm³/mol. The molecule has 4 rings (SSSR count). The Kier molecular flexibility index (Phi) is 4.92. The Morgan fingerprint density at radius 2 is 1.74 bits per heavy atom. The molecule has 1 atom stereocenters. The summed E-state index contributed by atoms with van der Waals surface area (Å²) in [5.74, 6) is 0.876. The maximum Gasteiger partial charge on any atom is 0.191 e. The van der Waals surface area contributed by atoms with E-state index in [1.165, 1.54) is 29.3 Å². The van der Waals surface area contributed by atoms with Crippen molar-refractivity contribution in [2.24, 2.45) is 7.05 Å². The first-order chi connectivity index (χ1) is 13.1. The molecule has 0 saturated heterocycles. The maximum atomic E-state index is 13.0. The van der Waals surface area contributed by atoms with Gasteiger partial charge in [-0.05, 0) is 34.5 Å². The number of fused-ring (bicyclic) bond motifs is 1. The molecule has 0 saturated carbocycles. The van der Waals surface area contributed by atoms with Gasteiger partial charge in [-0.15, -0.1) is 10.2 Å². The summed E-state index contributed by atoms with van der Waals surface area (Å²) < 4.78 is 14.9. The van der Waals surface area contributed by atoms with Crippen LogP contribution in [-0.2, 0) is 7.05 Å². The van der Waals surface area contributed by atoms with Gasteiger partial charge in [0.15, 0.2) is 11.0 Å². The summed E-state index contributed by atoms with van der Waals surface area (Å²) in [6.45, 7) is 0. The molecule has 3 aromatic carbocycles. The van der Waals surface area contributed by atoms with Crippen LogP contribution in [0.2, 0.25) is 0 Å². The standard InChI is InChI=1S/C21H18FN3OS/c1-25-20(17-7-6-14-4-2-3-5-16(14)12-17)23-24-21(25)27-13-19(26)15-8-10-18(22)11-9-15/h2-12,19,26H,13H2,1H3/t19-/m1/s1. The molecular weight excluding hydrogens is 361 g/mol. The second-order valence-electron chi connectivity index (χ2n) is 6.31. The molecule has 0 bridgehead atoms. The molecule has 4 aromatic rings. The van der Waals surface area contributed by atoms with Crippen molar-refractivity contribution in [2.75, 3.05) is 5.75 Å². The summed E-state index contributed by atoms with van der Waals surface area (Å²) in [6.07, 6.45) is -0.698. The van der Waals surface area contributed by atoms with E-state index in [-0.39, 0.29) is 5.82 Å². The van der Waals surface area contributed by atoms with Gasteiger partial charge in [0.25, 0.3) is 0 Å². The topological polar surface area (TPSA) is 50.9 Å². The highest BCUT2D eigenvalue weighted by atomic mass is 32.2. The van der Waals surface area contributed by atoms with Gasteiger partial charge >= 0.3 is 0 Å². The van der Waals surface area contributed by atoms with Crippen LogP contribution in [0.15, 0.2) is 71.9 Å². The Balaban J connectivity index is 1.52. The zero-order valence-electron chi connectivity index (χ0n) is 14.7. The number of nitrogens with zero attached hydrogens (tertiary/aromatic N) is 3. The van der Waals surface area contributed by atoms with Gasteiger partial charge in [0.2, 0.25) is 0 Å². The van der Waals surface area contributed by atoms with Crippen molar-refractivity contribution in [1.29, 1.82) is 0 Å². The maximum absolute atomic E-state index is 13.0. The van der Waals surface area contributed by atoms with E-state index in [2.05, 4.69) is 34.5 Å². The lowest BCUT2D eigenvalue weighted by Gasteiger charge is -2.10. The van der Waals surface area contributed by atoms with Crippen molar-refractivity contribution < 1.29 is 9.50 Å². The fraction of sp³-hybridized carbons (Fsp3) is 0.143. The van der Waals surface area contributed by atoms with Crippen molar-refractivity contribution in [1.82, 2.24) is 14.8 Å². The van der Waals surface area contributed by atoms with Crippen molar-refractivity contribution in [3.63, 3.8) is 0 Å². The molecule has 0 aliphatic carbocycles. The van der Waals surface area contributed by atoms with Gasteiger partial charge < -0.3 is 9.67 Å². The van der Waals surface area contributed by atoms with Crippen LogP contribution in [-0.4, -0.2) is 25.6 Å². The first-order valence-corrected chi connectivity index (χ1v) is 9.55. The van der Waals surface area contributed by atoms with Crippen molar-refractivity contribution in [3.05, 3.63) is 78.1 Å². The smallest absolute Gasteiger partial charge is 0.191 e. The van der Waals surface area contributed by atoms with Crippen molar-refractivity contribution >= 4 is 22.5 Å². The minimum absolute atomic E-state index is 0.313. The van der Waals surface area contributed by atoms with E-state index >= 15 is 0 Å². The second kappa shape index (κ2) is 7.50. The largest absolute Gasteiger partial charge is 0.388 e. The number of aromatic nitrogens is 3. The highest BCUT2D eigenvalue weighted by molar-refractivity contribution is 7.99. The van der Waals surface area contributed by atoms with Crippen LogP contribution in [0.25, 0.3) is 22.2 Å². The predicted octanol–water partition coefficient (Wildman–Crippen LogP) is 4.60. The van der Waals surface area contributed by atoms with Crippen LogP contribution >= 0.6 is 11.8 Å². The van der Waals surface area contributed by atoms with Crippen LogP contribution < -0.4 is 0 Å².